The summed E-state index contributed by atoms with van der Waals surface area (Å²) in [4.78, 5) is 42.2. The first-order valence-electron chi connectivity index (χ1n) is 11.2. The van der Waals surface area contributed by atoms with Gasteiger partial charge in [-0.2, -0.15) is 0 Å². The van der Waals surface area contributed by atoms with Crippen LogP contribution in [-0.4, -0.2) is 72.8 Å². The molecule has 1 aliphatic heterocycles. The largest absolute Gasteiger partial charge is 0.353 e. The first kappa shape index (κ1) is 26.1. The van der Waals surface area contributed by atoms with Crippen molar-refractivity contribution >= 4 is 17.7 Å². The Morgan fingerprint density at radius 1 is 1.13 bits per heavy atom. The van der Waals surface area contributed by atoms with Crippen LogP contribution in [0, 0.1) is 11.8 Å². The molecule has 1 saturated heterocycles. The van der Waals surface area contributed by atoms with Gasteiger partial charge < -0.3 is 15.5 Å². The highest BCUT2D eigenvalue weighted by Gasteiger charge is 2.34. The van der Waals surface area contributed by atoms with E-state index >= 15 is 0 Å². The maximum Gasteiger partial charge on any atom is 0.246 e. The number of carbonyl (C=O) groups excluding carboxylic acids is 3. The molecule has 0 bridgehead atoms. The molecule has 0 saturated carbocycles. The van der Waals surface area contributed by atoms with Crippen LogP contribution in [0.15, 0.2) is 11.6 Å². The number of hydrogen-bond donors (Lipinski definition) is 2. The van der Waals surface area contributed by atoms with Crippen molar-refractivity contribution in [3.8, 4) is 0 Å². The molecule has 0 aromatic heterocycles. The zero-order valence-corrected chi connectivity index (χ0v) is 20.1. The van der Waals surface area contributed by atoms with Gasteiger partial charge in [0.2, 0.25) is 17.7 Å². The van der Waals surface area contributed by atoms with Gasteiger partial charge in [0.25, 0.3) is 0 Å². The number of likely N-dealkylation sites (N-methyl/N-ethyl adjacent to an activating group) is 3. The summed E-state index contributed by atoms with van der Waals surface area (Å²) in [6, 6.07) is -1.02. The lowest BCUT2D eigenvalue weighted by Gasteiger charge is -2.36. The van der Waals surface area contributed by atoms with E-state index in [1.807, 2.05) is 47.7 Å². The Bertz CT molecular complexity index is 630. The average Bonchev–Trinajstić information content (AvgIpc) is 2.68. The first-order chi connectivity index (χ1) is 14.0. The van der Waals surface area contributed by atoms with Crippen molar-refractivity contribution in [1.82, 2.24) is 20.4 Å². The van der Waals surface area contributed by atoms with Gasteiger partial charge in [0, 0.05) is 19.2 Å². The molecule has 7 heteroatoms. The standard InChI is InChI=1S/C23H42N4O3/c1-9-24-21(28)17(6)14-19(15(2)3)27(8)23(30)20(16(4)5)25-22(29)18-12-10-11-13-26(18)7/h14-16,18-20H,9-13H2,1-8H3,(H,24,28)(H,25,29)/b17-14+. The zero-order chi connectivity index (χ0) is 23.0. The van der Waals surface area contributed by atoms with Crippen molar-refractivity contribution in [3.05, 3.63) is 11.6 Å². The highest BCUT2D eigenvalue weighted by molar-refractivity contribution is 5.93. The Balaban J connectivity index is 3.00. The van der Waals surface area contributed by atoms with Crippen molar-refractivity contribution in [1.29, 1.82) is 0 Å². The van der Waals surface area contributed by atoms with Gasteiger partial charge in [-0.25, -0.2) is 0 Å². The minimum absolute atomic E-state index is 0.0425. The lowest BCUT2D eigenvalue weighted by molar-refractivity contribution is -0.139. The van der Waals surface area contributed by atoms with Crippen LogP contribution in [0.2, 0.25) is 0 Å². The third-order valence-electron chi connectivity index (χ3n) is 5.90. The Hall–Kier alpha value is -1.89. The Kier molecular flexibility index (Phi) is 10.5. The van der Waals surface area contributed by atoms with Crippen LogP contribution in [0.25, 0.3) is 0 Å². The van der Waals surface area contributed by atoms with E-state index in [1.54, 1.807) is 18.9 Å². The third kappa shape index (κ3) is 7.11. The number of carbonyl (C=O) groups is 3. The monoisotopic (exact) mass is 422 g/mol. The van der Waals surface area contributed by atoms with Gasteiger partial charge in [-0.1, -0.05) is 40.2 Å². The molecule has 3 amide bonds. The molecule has 0 spiro atoms. The fourth-order valence-corrected chi connectivity index (χ4v) is 3.92. The number of hydrogen-bond acceptors (Lipinski definition) is 4. The molecule has 1 aliphatic rings. The normalized spacial score (nSPS) is 20.1. The van der Waals surface area contributed by atoms with E-state index in [-0.39, 0.29) is 41.6 Å². The first-order valence-corrected chi connectivity index (χ1v) is 11.2. The molecular formula is C23H42N4O3. The molecule has 0 aliphatic carbocycles. The molecule has 3 atom stereocenters. The zero-order valence-electron chi connectivity index (χ0n) is 20.1. The van der Waals surface area contributed by atoms with Crippen molar-refractivity contribution in [2.75, 3.05) is 27.2 Å². The molecule has 1 rings (SSSR count). The number of amides is 3. The summed E-state index contributed by atoms with van der Waals surface area (Å²) in [5, 5.41) is 5.81. The van der Waals surface area contributed by atoms with Gasteiger partial charge in [0.05, 0.1) is 12.1 Å². The number of nitrogens with one attached hydrogen (secondary N) is 2. The van der Waals surface area contributed by atoms with Crippen LogP contribution in [0.4, 0.5) is 0 Å². The molecule has 0 radical (unpaired) electrons. The second-order valence-electron chi connectivity index (χ2n) is 9.12. The molecule has 2 N–H and O–H groups in total. The van der Waals surface area contributed by atoms with Crippen molar-refractivity contribution in [3.63, 3.8) is 0 Å². The van der Waals surface area contributed by atoms with Gasteiger partial charge in [-0.3, -0.25) is 19.3 Å². The Morgan fingerprint density at radius 3 is 2.27 bits per heavy atom. The van der Waals surface area contributed by atoms with Crippen LogP contribution in [0.3, 0.4) is 0 Å². The van der Waals surface area contributed by atoms with Crippen LogP contribution in [0.5, 0.6) is 0 Å². The van der Waals surface area contributed by atoms with E-state index in [2.05, 4.69) is 15.5 Å². The fraction of sp³-hybridized carbons (Fsp3) is 0.783. The van der Waals surface area contributed by atoms with Gasteiger partial charge in [0.1, 0.15) is 6.04 Å². The number of nitrogens with zero attached hydrogens (tertiary/aromatic N) is 2. The highest BCUT2D eigenvalue weighted by Crippen LogP contribution is 2.19. The number of rotatable bonds is 9. The Morgan fingerprint density at radius 2 is 1.77 bits per heavy atom. The topological polar surface area (TPSA) is 81.8 Å². The van der Waals surface area contributed by atoms with Gasteiger partial charge in [0.15, 0.2) is 0 Å². The molecule has 1 heterocycles. The molecule has 30 heavy (non-hydrogen) atoms. The lowest BCUT2D eigenvalue weighted by Crippen LogP contribution is -2.57. The van der Waals surface area contributed by atoms with E-state index < -0.39 is 6.04 Å². The summed E-state index contributed by atoms with van der Waals surface area (Å²) in [7, 11) is 3.72. The molecule has 0 aromatic carbocycles. The molecule has 7 nitrogen and oxygen atoms in total. The summed E-state index contributed by atoms with van der Waals surface area (Å²) in [6.07, 6.45) is 4.80. The predicted octanol–water partition coefficient (Wildman–Crippen LogP) is 2.18. The minimum Gasteiger partial charge on any atom is -0.353 e. The summed E-state index contributed by atoms with van der Waals surface area (Å²) in [6.45, 7) is 13.0. The summed E-state index contributed by atoms with van der Waals surface area (Å²) in [5.41, 5.74) is 0.587. The molecule has 172 valence electrons. The van der Waals surface area contributed by atoms with Crippen LogP contribution < -0.4 is 10.6 Å². The summed E-state index contributed by atoms with van der Waals surface area (Å²) in [5.74, 6) is -0.253. The third-order valence-corrected chi connectivity index (χ3v) is 5.90. The quantitative estimate of drug-likeness (QED) is 0.558. The highest BCUT2D eigenvalue weighted by atomic mass is 16.2. The van der Waals surface area contributed by atoms with Gasteiger partial charge >= 0.3 is 0 Å². The van der Waals surface area contributed by atoms with Gasteiger partial charge in [-0.15, -0.1) is 0 Å². The van der Waals surface area contributed by atoms with Crippen molar-refractivity contribution < 1.29 is 14.4 Å². The van der Waals surface area contributed by atoms with Crippen molar-refractivity contribution in [2.45, 2.75) is 78.9 Å². The minimum atomic E-state index is -0.600. The summed E-state index contributed by atoms with van der Waals surface area (Å²) >= 11 is 0. The van der Waals surface area contributed by atoms with E-state index in [0.29, 0.717) is 12.1 Å². The number of likely N-dealkylation sites (tertiary alicyclic amines) is 1. The molecule has 0 aromatic rings. The van der Waals surface area contributed by atoms with E-state index in [0.717, 1.165) is 25.8 Å². The van der Waals surface area contributed by atoms with Crippen LogP contribution >= 0.6 is 0 Å². The maximum atomic E-state index is 13.4. The summed E-state index contributed by atoms with van der Waals surface area (Å²) < 4.78 is 0. The molecule has 3 unspecified atom stereocenters. The maximum absolute atomic E-state index is 13.4. The fourth-order valence-electron chi connectivity index (χ4n) is 3.92. The van der Waals surface area contributed by atoms with Crippen LogP contribution in [-0.2, 0) is 14.4 Å². The van der Waals surface area contributed by atoms with Crippen molar-refractivity contribution in [2.24, 2.45) is 11.8 Å². The van der Waals surface area contributed by atoms with Gasteiger partial charge in [-0.05, 0) is 52.1 Å². The number of piperidine rings is 1. The lowest BCUT2D eigenvalue weighted by atomic mass is 9.96. The SMILES string of the molecule is CCNC(=O)/C(C)=C/C(C(C)C)N(C)C(=O)C(NC(=O)C1CCCCN1C)C(C)C. The van der Waals surface area contributed by atoms with E-state index in [4.69, 9.17) is 0 Å². The van der Waals surface area contributed by atoms with E-state index in [9.17, 15) is 14.4 Å². The smallest absolute Gasteiger partial charge is 0.246 e. The molecule has 1 fully saturated rings. The van der Waals surface area contributed by atoms with E-state index in [1.165, 1.54) is 0 Å². The Labute approximate surface area is 182 Å². The predicted molar refractivity (Wildman–Crippen MR) is 121 cm³/mol. The van der Waals surface area contributed by atoms with Crippen LogP contribution in [0.1, 0.15) is 60.8 Å². The second-order valence-corrected chi connectivity index (χ2v) is 9.12. The second kappa shape index (κ2) is 12.1. The molecular weight excluding hydrogens is 380 g/mol. The average molecular weight is 423 g/mol.